The lowest BCUT2D eigenvalue weighted by Crippen LogP contribution is -3.00. The predicted octanol–water partition coefficient (Wildman–Crippen LogP) is 0.382. The molecule has 0 spiro atoms. The van der Waals surface area contributed by atoms with Gasteiger partial charge in [-0.1, -0.05) is 11.6 Å². The van der Waals surface area contributed by atoms with Crippen LogP contribution in [0.15, 0.2) is 24.3 Å². The third-order valence-corrected chi connectivity index (χ3v) is 2.83. The van der Waals surface area contributed by atoms with Crippen molar-refractivity contribution in [1.82, 2.24) is 0 Å². The van der Waals surface area contributed by atoms with Crippen LogP contribution >= 0.6 is 23.2 Å². The summed E-state index contributed by atoms with van der Waals surface area (Å²) in [6.45, 7) is 6.00. The van der Waals surface area contributed by atoms with E-state index in [4.69, 9.17) is 23.2 Å². The van der Waals surface area contributed by atoms with Gasteiger partial charge in [0.2, 0.25) is 0 Å². The first-order valence-corrected chi connectivity index (χ1v) is 5.48. The minimum Gasteiger partial charge on any atom is -1.00 e. The fraction of sp³-hybridized carbons (Fsp3) is 0.364. The average molecular weight is 267 g/mol. The van der Waals surface area contributed by atoms with E-state index in [2.05, 4.69) is 18.4 Å². The number of hydrogen-bond donors (Lipinski definition) is 0. The molecule has 0 fully saturated rings. The fourth-order valence-electron chi connectivity index (χ4n) is 1.27. The molecule has 0 amide bonds. The highest BCUT2D eigenvalue weighted by molar-refractivity contribution is 6.68. The Kier molecular flexibility index (Phi) is 6.99. The minimum atomic E-state index is 0. The van der Waals surface area contributed by atoms with Crippen molar-refractivity contribution in [2.24, 2.45) is 0 Å². The Bertz CT molecular complexity index is 324. The monoisotopic (exact) mass is 265 g/mol. The summed E-state index contributed by atoms with van der Waals surface area (Å²) in [5.41, 5.74) is 1.01. The second-order valence-corrected chi connectivity index (χ2v) is 3.76. The van der Waals surface area contributed by atoms with Gasteiger partial charge in [-0.3, -0.25) is 0 Å². The lowest BCUT2D eigenvalue weighted by Gasteiger charge is -2.01. The zero-order chi connectivity index (χ0) is 10.6. The first-order chi connectivity index (χ1) is 6.69. The molecule has 0 aromatic heterocycles. The van der Waals surface area contributed by atoms with Gasteiger partial charge in [-0.2, -0.15) is 0 Å². The van der Waals surface area contributed by atoms with Crippen LogP contribution in [0.1, 0.15) is 19.4 Å². The molecule has 0 aliphatic rings. The van der Waals surface area contributed by atoms with Gasteiger partial charge < -0.3 is 12.4 Å². The van der Waals surface area contributed by atoms with Gasteiger partial charge in [0.25, 0.3) is 5.17 Å². The smallest absolute Gasteiger partial charge is 0.276 e. The Morgan fingerprint density at radius 2 is 1.60 bits per heavy atom. The third kappa shape index (κ3) is 4.02. The van der Waals surface area contributed by atoms with Gasteiger partial charge in [-0.25, -0.2) is 4.58 Å². The standard InChI is InChI=1S/C11H14Cl2N.ClH/c1-3-14(4-2)11(13)9-5-7-10(12)8-6-9;/h5-8H,3-4H2,1-2H3;1H/q+1;/p-1. The van der Waals surface area contributed by atoms with Gasteiger partial charge in [-0.05, 0) is 49.7 Å². The third-order valence-electron chi connectivity index (χ3n) is 2.12. The number of rotatable bonds is 3. The molecule has 1 nitrogen and oxygen atoms in total. The maximum absolute atomic E-state index is 6.22. The molecular weight excluding hydrogens is 252 g/mol. The summed E-state index contributed by atoms with van der Waals surface area (Å²) >= 11 is 12.0. The molecular formula is C11H14Cl3N. The molecule has 0 saturated carbocycles. The number of halogens is 3. The van der Waals surface area contributed by atoms with Crippen molar-refractivity contribution in [3.63, 3.8) is 0 Å². The molecule has 0 saturated heterocycles. The lowest BCUT2D eigenvalue weighted by molar-refractivity contribution is -0.517. The SMILES string of the molecule is CC[N+](CC)=C(Cl)c1ccc(Cl)cc1.[Cl-]. The highest BCUT2D eigenvalue weighted by Gasteiger charge is 2.10. The normalized spacial score (nSPS) is 9.33. The molecule has 4 heteroatoms. The van der Waals surface area contributed by atoms with E-state index in [-0.39, 0.29) is 12.4 Å². The summed E-state index contributed by atoms with van der Waals surface area (Å²) in [4.78, 5) is 0. The first-order valence-electron chi connectivity index (χ1n) is 4.72. The fourth-order valence-corrected chi connectivity index (χ4v) is 1.76. The number of benzene rings is 1. The second-order valence-electron chi connectivity index (χ2n) is 2.97. The molecule has 0 aliphatic carbocycles. The van der Waals surface area contributed by atoms with Gasteiger partial charge in [0.1, 0.15) is 13.1 Å². The van der Waals surface area contributed by atoms with Crippen LogP contribution in [0.2, 0.25) is 5.02 Å². The summed E-state index contributed by atoms with van der Waals surface area (Å²) in [5, 5.41) is 1.52. The van der Waals surface area contributed by atoms with Crippen LogP contribution in [0, 0.1) is 0 Å². The van der Waals surface area contributed by atoms with E-state index in [9.17, 15) is 0 Å². The van der Waals surface area contributed by atoms with Gasteiger partial charge in [0.05, 0.1) is 5.56 Å². The van der Waals surface area contributed by atoms with E-state index in [0.717, 1.165) is 28.8 Å². The van der Waals surface area contributed by atoms with Crippen molar-refractivity contribution in [3.05, 3.63) is 34.9 Å². The number of nitrogens with zero attached hydrogens (tertiary/aromatic N) is 1. The van der Waals surface area contributed by atoms with E-state index < -0.39 is 0 Å². The molecule has 0 aliphatic heterocycles. The summed E-state index contributed by atoms with van der Waals surface area (Å²) in [6, 6.07) is 7.57. The first kappa shape index (κ1) is 14.8. The van der Waals surface area contributed by atoms with Crippen molar-refractivity contribution in [1.29, 1.82) is 0 Å². The van der Waals surface area contributed by atoms with Crippen LogP contribution in [-0.4, -0.2) is 22.8 Å². The van der Waals surface area contributed by atoms with Crippen LogP contribution in [0.25, 0.3) is 0 Å². The molecule has 0 heterocycles. The van der Waals surface area contributed by atoms with E-state index in [0.29, 0.717) is 0 Å². The van der Waals surface area contributed by atoms with Gasteiger partial charge >= 0.3 is 0 Å². The van der Waals surface area contributed by atoms with Crippen LogP contribution < -0.4 is 12.4 Å². The molecule has 84 valence electrons. The van der Waals surface area contributed by atoms with Crippen molar-refractivity contribution in [2.45, 2.75) is 13.8 Å². The molecule has 0 radical (unpaired) electrons. The molecule has 1 aromatic carbocycles. The summed E-state index contributed by atoms with van der Waals surface area (Å²) < 4.78 is 2.10. The molecule has 0 unspecified atom stereocenters. The van der Waals surface area contributed by atoms with Crippen molar-refractivity contribution < 1.29 is 17.0 Å². The van der Waals surface area contributed by atoms with Crippen LogP contribution in [-0.2, 0) is 0 Å². The summed E-state index contributed by atoms with van der Waals surface area (Å²) in [6.07, 6.45) is 0. The van der Waals surface area contributed by atoms with Gasteiger partial charge in [0, 0.05) is 5.02 Å². The van der Waals surface area contributed by atoms with E-state index in [1.807, 2.05) is 24.3 Å². The predicted molar refractivity (Wildman–Crippen MR) is 62.8 cm³/mol. The van der Waals surface area contributed by atoms with Crippen molar-refractivity contribution in [3.8, 4) is 0 Å². The van der Waals surface area contributed by atoms with Crippen LogP contribution in [0.3, 0.4) is 0 Å². The maximum Gasteiger partial charge on any atom is 0.276 e. The minimum absolute atomic E-state index is 0. The summed E-state index contributed by atoms with van der Waals surface area (Å²) in [5.74, 6) is 0. The maximum atomic E-state index is 6.22. The second kappa shape index (κ2) is 7.10. The largest absolute Gasteiger partial charge is 1.00 e. The highest BCUT2D eigenvalue weighted by Crippen LogP contribution is 2.11. The average Bonchev–Trinajstić information content (AvgIpc) is 2.20. The molecule has 0 atom stereocenters. The molecule has 1 rings (SSSR count). The Morgan fingerprint density at radius 1 is 1.13 bits per heavy atom. The Labute approximate surface area is 107 Å². The van der Waals surface area contributed by atoms with Crippen LogP contribution in [0.4, 0.5) is 0 Å². The highest BCUT2D eigenvalue weighted by atomic mass is 35.5. The zero-order valence-electron chi connectivity index (χ0n) is 8.80. The van der Waals surface area contributed by atoms with E-state index >= 15 is 0 Å². The zero-order valence-corrected chi connectivity index (χ0v) is 11.1. The van der Waals surface area contributed by atoms with Crippen molar-refractivity contribution in [2.75, 3.05) is 13.1 Å². The van der Waals surface area contributed by atoms with Gasteiger partial charge in [-0.15, -0.1) is 0 Å². The van der Waals surface area contributed by atoms with Crippen LogP contribution in [0.5, 0.6) is 0 Å². The Balaban J connectivity index is 0.00000196. The van der Waals surface area contributed by atoms with E-state index in [1.54, 1.807) is 0 Å². The topological polar surface area (TPSA) is 3.01 Å². The van der Waals surface area contributed by atoms with Crippen molar-refractivity contribution >= 4 is 28.4 Å². The Hall–Kier alpha value is -0.240. The number of hydrogen-bond acceptors (Lipinski definition) is 0. The quantitative estimate of drug-likeness (QED) is 0.550. The Morgan fingerprint density at radius 3 is 2.00 bits per heavy atom. The van der Waals surface area contributed by atoms with Gasteiger partial charge in [0.15, 0.2) is 0 Å². The molecule has 0 N–H and O–H groups in total. The lowest BCUT2D eigenvalue weighted by atomic mass is 10.2. The molecule has 1 aromatic rings. The molecule has 0 bridgehead atoms. The summed E-state index contributed by atoms with van der Waals surface area (Å²) in [7, 11) is 0. The molecule has 15 heavy (non-hydrogen) atoms. The van der Waals surface area contributed by atoms with E-state index in [1.165, 1.54) is 0 Å².